The third kappa shape index (κ3) is 4.65. The number of benzene rings is 5. The molecule has 5 aromatic carbocycles. The van der Waals surface area contributed by atoms with Crippen molar-refractivity contribution in [1.82, 2.24) is 0 Å². The molecule has 4 N–H and O–H groups in total. The lowest BCUT2D eigenvalue weighted by atomic mass is 9.89. The number of nitrogens with two attached hydrogens (primary N) is 2. The second-order valence-electron chi connectivity index (χ2n) is 10.7. The fourth-order valence-corrected chi connectivity index (χ4v) is 6.06. The molecule has 2 aliphatic rings. The van der Waals surface area contributed by atoms with Crippen LogP contribution in [0.4, 0.5) is 0 Å². The lowest BCUT2D eigenvalue weighted by Gasteiger charge is -2.15. The molecule has 0 bridgehead atoms. The van der Waals surface area contributed by atoms with Gasteiger partial charge >= 0.3 is 11.9 Å². The summed E-state index contributed by atoms with van der Waals surface area (Å²) in [6.45, 7) is 0. The quantitative estimate of drug-likeness (QED) is 0.146. The van der Waals surface area contributed by atoms with E-state index < -0.39 is 23.8 Å². The molecule has 7 rings (SSSR count). The van der Waals surface area contributed by atoms with Crippen molar-refractivity contribution in [1.29, 1.82) is 0 Å². The predicted octanol–water partition coefficient (Wildman–Crippen LogP) is 5.67. The van der Waals surface area contributed by atoms with Crippen molar-refractivity contribution in [3.63, 3.8) is 0 Å². The van der Waals surface area contributed by atoms with Crippen LogP contribution in [0.3, 0.4) is 0 Å². The zero-order valence-electron chi connectivity index (χ0n) is 24.2. The third-order valence-corrected chi connectivity index (χ3v) is 7.99. The Morgan fingerprint density at radius 1 is 0.478 bits per heavy atom. The molecule has 222 valence electrons. The van der Waals surface area contributed by atoms with Crippen LogP contribution >= 0.6 is 0 Å². The Morgan fingerprint density at radius 2 is 0.783 bits per heavy atom. The van der Waals surface area contributed by atoms with Crippen molar-refractivity contribution in [3.05, 3.63) is 154 Å². The van der Waals surface area contributed by atoms with Crippen LogP contribution in [0, 0.1) is 0 Å². The Labute approximate surface area is 262 Å². The largest absolute Gasteiger partial charge is 0.422 e. The van der Waals surface area contributed by atoms with Gasteiger partial charge in [0.1, 0.15) is 22.7 Å². The second kappa shape index (κ2) is 11.2. The maximum atomic E-state index is 12.9. The number of fused-ring (bicyclic) bond motifs is 2. The topological polar surface area (TPSA) is 139 Å². The molecule has 0 aromatic heterocycles. The average molecular weight is 605 g/mol. The van der Waals surface area contributed by atoms with E-state index in [0.29, 0.717) is 22.3 Å². The molecule has 2 heterocycles. The lowest BCUT2D eigenvalue weighted by Crippen LogP contribution is -2.19. The van der Waals surface area contributed by atoms with E-state index in [1.807, 2.05) is 60.7 Å². The molecule has 2 amide bonds. The molecule has 8 heteroatoms. The van der Waals surface area contributed by atoms with Gasteiger partial charge in [-0.05, 0) is 56.0 Å². The molecule has 0 saturated heterocycles. The van der Waals surface area contributed by atoms with Crippen LogP contribution in [0.15, 0.2) is 132 Å². The van der Waals surface area contributed by atoms with Gasteiger partial charge in [-0.15, -0.1) is 0 Å². The third-order valence-electron chi connectivity index (χ3n) is 7.99. The number of rotatable bonds is 6. The van der Waals surface area contributed by atoms with Crippen LogP contribution in [0.1, 0.15) is 22.3 Å². The zero-order valence-corrected chi connectivity index (χ0v) is 24.2. The fraction of sp³-hybridized carbons (Fsp3) is 0. The minimum absolute atomic E-state index is 0.191. The zero-order chi connectivity index (χ0) is 31.9. The first kappa shape index (κ1) is 28.2. The maximum absolute atomic E-state index is 12.9. The lowest BCUT2D eigenvalue weighted by molar-refractivity contribution is -0.136. The molecule has 0 aliphatic carbocycles. The Bertz CT molecular complexity index is 2060. The Balaban J connectivity index is 1.51. The van der Waals surface area contributed by atoms with E-state index in [9.17, 15) is 19.2 Å². The first-order valence-corrected chi connectivity index (χ1v) is 14.3. The minimum Gasteiger partial charge on any atom is -0.422 e. The highest BCUT2D eigenvalue weighted by atomic mass is 16.5. The van der Waals surface area contributed by atoms with Gasteiger partial charge in [0, 0.05) is 11.1 Å². The van der Waals surface area contributed by atoms with E-state index in [-0.39, 0.29) is 22.7 Å². The molecular formula is C38H24N2O6. The maximum Gasteiger partial charge on any atom is 0.349 e. The van der Waals surface area contributed by atoms with E-state index >= 15 is 0 Å². The van der Waals surface area contributed by atoms with Gasteiger partial charge < -0.3 is 20.9 Å². The minimum atomic E-state index is -0.882. The number of ether oxygens (including phenoxy) is 2. The molecule has 46 heavy (non-hydrogen) atoms. The molecule has 0 saturated carbocycles. The molecule has 2 aliphatic heterocycles. The highest BCUT2D eigenvalue weighted by Gasteiger charge is 2.36. The monoisotopic (exact) mass is 604 g/mol. The van der Waals surface area contributed by atoms with E-state index in [4.69, 9.17) is 20.9 Å². The highest BCUT2D eigenvalue weighted by molar-refractivity contribution is 6.28. The normalized spacial score (nSPS) is 16.5. The van der Waals surface area contributed by atoms with Gasteiger partial charge in [0.25, 0.3) is 11.8 Å². The van der Waals surface area contributed by atoms with Gasteiger partial charge in [-0.2, -0.15) is 0 Å². The SMILES string of the molecule is NC(=O)C1=C(c2ccccc2)C(=Cc2c3ccccc3c(C=C3OC(=O)C(C(N)=O)=C3c3ccccc3)c3ccccc23)OC1=O. The van der Waals surface area contributed by atoms with Crippen LogP contribution in [0.5, 0.6) is 0 Å². The number of primary amides is 2. The van der Waals surface area contributed by atoms with Gasteiger partial charge in [0.05, 0.1) is 0 Å². The van der Waals surface area contributed by atoms with Gasteiger partial charge in [0.15, 0.2) is 0 Å². The van der Waals surface area contributed by atoms with Gasteiger partial charge in [-0.25, -0.2) is 9.59 Å². The van der Waals surface area contributed by atoms with Crippen molar-refractivity contribution in [2.75, 3.05) is 0 Å². The number of carbonyl (C=O) groups is 4. The van der Waals surface area contributed by atoms with E-state index in [0.717, 1.165) is 32.7 Å². The highest BCUT2D eigenvalue weighted by Crippen LogP contribution is 2.42. The number of cyclic esters (lactones) is 2. The molecule has 5 aromatic rings. The van der Waals surface area contributed by atoms with Gasteiger partial charge in [0.2, 0.25) is 0 Å². The Hall–Kier alpha value is -6.54. The Morgan fingerprint density at radius 3 is 1.09 bits per heavy atom. The summed E-state index contributed by atoms with van der Waals surface area (Å²) in [6, 6.07) is 33.2. The van der Waals surface area contributed by atoms with Gasteiger partial charge in [-0.3, -0.25) is 9.59 Å². The number of allylic oxidation sites excluding steroid dienone is 2. The summed E-state index contributed by atoms with van der Waals surface area (Å²) < 4.78 is 11.4. The molecule has 0 atom stereocenters. The molecule has 8 nitrogen and oxygen atoms in total. The summed E-state index contributed by atoms with van der Waals surface area (Å²) in [5.41, 5.74) is 14.1. The number of esters is 2. The van der Waals surface area contributed by atoms with Gasteiger partial charge in [-0.1, -0.05) is 109 Å². The van der Waals surface area contributed by atoms with Crippen molar-refractivity contribution in [2.24, 2.45) is 11.5 Å². The summed E-state index contributed by atoms with van der Waals surface area (Å²) in [7, 11) is 0. The van der Waals surface area contributed by atoms with Crippen LogP contribution in [-0.2, 0) is 28.7 Å². The Kier molecular flexibility index (Phi) is 6.87. The first-order chi connectivity index (χ1) is 22.3. The van der Waals surface area contributed by atoms with E-state index in [1.165, 1.54) is 0 Å². The molecule has 0 radical (unpaired) electrons. The fourth-order valence-electron chi connectivity index (χ4n) is 6.06. The predicted molar refractivity (Wildman–Crippen MR) is 175 cm³/mol. The van der Waals surface area contributed by atoms with Crippen LogP contribution in [-0.4, -0.2) is 23.8 Å². The number of hydrogen-bond acceptors (Lipinski definition) is 6. The second-order valence-corrected chi connectivity index (χ2v) is 10.7. The van der Waals surface area contributed by atoms with Crippen LogP contribution in [0.25, 0.3) is 44.8 Å². The summed E-state index contributed by atoms with van der Waals surface area (Å²) in [6.07, 6.45) is 3.49. The summed E-state index contributed by atoms with van der Waals surface area (Å²) in [5.74, 6) is -3.02. The summed E-state index contributed by atoms with van der Waals surface area (Å²) in [4.78, 5) is 50.6. The van der Waals surface area contributed by atoms with E-state index in [2.05, 4.69) is 0 Å². The van der Waals surface area contributed by atoms with Crippen molar-refractivity contribution in [2.45, 2.75) is 0 Å². The summed E-state index contributed by atoms with van der Waals surface area (Å²) >= 11 is 0. The van der Waals surface area contributed by atoms with Crippen LogP contribution in [0.2, 0.25) is 0 Å². The standard InChI is InChI=1S/C38H24N2O6/c39-35(41)33-31(21-11-3-1-4-12-21)29(45-37(33)43)19-27-23-15-7-9-17-25(23)28(26-18-10-8-16-24(26)27)20-30-32(22-13-5-2-6-14-22)34(36(40)42)38(44)46-30/h1-20H,(H2,39,41)(H2,40,42). The average Bonchev–Trinajstić information content (AvgIpc) is 3.58. The number of amides is 2. The number of hydrogen-bond donors (Lipinski definition) is 2. The van der Waals surface area contributed by atoms with Crippen molar-refractivity contribution < 1.29 is 28.7 Å². The molecule has 0 spiro atoms. The first-order valence-electron chi connectivity index (χ1n) is 14.3. The molecule has 0 fully saturated rings. The summed E-state index contributed by atoms with van der Waals surface area (Å²) in [5, 5.41) is 3.17. The van der Waals surface area contributed by atoms with Crippen molar-refractivity contribution in [3.8, 4) is 0 Å². The van der Waals surface area contributed by atoms with E-state index in [1.54, 1.807) is 60.7 Å². The van der Waals surface area contributed by atoms with Crippen LogP contribution < -0.4 is 11.5 Å². The number of carbonyl (C=O) groups excluding carboxylic acids is 4. The molecular weight excluding hydrogens is 580 g/mol. The van der Waals surface area contributed by atoms with Crippen molar-refractivity contribution >= 4 is 68.6 Å². The molecule has 0 unspecified atom stereocenters. The smallest absolute Gasteiger partial charge is 0.349 e.